The summed E-state index contributed by atoms with van der Waals surface area (Å²) < 4.78 is 9.48. The van der Waals surface area contributed by atoms with Crippen LogP contribution in [-0.2, 0) is 14.3 Å². The summed E-state index contributed by atoms with van der Waals surface area (Å²) >= 11 is 0. The van der Waals surface area contributed by atoms with E-state index in [2.05, 4.69) is 10.1 Å². The molecule has 0 bridgehead atoms. The molecule has 15 heavy (non-hydrogen) atoms. The Labute approximate surface area is 90.9 Å². The Kier molecular flexibility index (Phi) is 7.36. The van der Waals surface area contributed by atoms with Gasteiger partial charge in [-0.25, -0.2) is 0 Å². The van der Waals surface area contributed by atoms with E-state index < -0.39 is 0 Å². The summed E-state index contributed by atoms with van der Waals surface area (Å²) in [4.78, 5) is 10.8. The number of rotatable bonds is 6. The minimum atomic E-state index is -0.258. The molecule has 0 aliphatic carbocycles. The second-order valence-electron chi connectivity index (χ2n) is 3.17. The van der Waals surface area contributed by atoms with Crippen LogP contribution in [0.2, 0.25) is 0 Å². The predicted molar refractivity (Wildman–Crippen MR) is 59.4 cm³/mol. The van der Waals surface area contributed by atoms with Gasteiger partial charge in [0.2, 0.25) is 0 Å². The van der Waals surface area contributed by atoms with E-state index in [9.17, 15) is 4.79 Å². The van der Waals surface area contributed by atoms with Crippen molar-refractivity contribution in [2.75, 3.05) is 27.3 Å². The lowest BCUT2D eigenvalue weighted by atomic mass is 10.2. The van der Waals surface area contributed by atoms with E-state index in [1.165, 1.54) is 7.11 Å². The molecule has 0 aromatic carbocycles. The number of esters is 1. The van der Waals surface area contributed by atoms with Gasteiger partial charge < -0.3 is 14.8 Å². The minimum absolute atomic E-state index is 0.231. The predicted octanol–water partition coefficient (Wildman–Crippen LogP) is 1.25. The minimum Gasteiger partial charge on any atom is -0.501 e. The van der Waals surface area contributed by atoms with E-state index >= 15 is 0 Å². The number of nitrogens with one attached hydrogen (secondary N) is 1. The molecule has 4 nitrogen and oxygen atoms in total. The number of carbonyl (C=O) groups excluding carboxylic acids is 1. The van der Waals surface area contributed by atoms with Crippen LogP contribution in [-0.4, -0.2) is 33.3 Å². The summed E-state index contributed by atoms with van der Waals surface area (Å²) in [5.41, 5.74) is 1.12. The Bertz CT molecular complexity index is 257. The summed E-state index contributed by atoms with van der Waals surface area (Å²) in [6.45, 7) is 4.74. The third-order valence-electron chi connectivity index (χ3n) is 1.83. The first-order valence-electron chi connectivity index (χ1n) is 4.75. The number of allylic oxidation sites excluding steroid dienone is 3. The Hall–Kier alpha value is -1.29. The molecule has 0 aromatic heterocycles. The summed E-state index contributed by atoms with van der Waals surface area (Å²) in [6, 6.07) is 0. The maximum Gasteiger partial charge on any atom is 0.319 e. The molecule has 0 radical (unpaired) electrons. The van der Waals surface area contributed by atoms with Crippen LogP contribution in [0.4, 0.5) is 0 Å². The van der Waals surface area contributed by atoms with Gasteiger partial charge in [0.1, 0.15) is 0 Å². The van der Waals surface area contributed by atoms with Crippen LogP contribution in [0, 0.1) is 0 Å². The van der Waals surface area contributed by atoms with Crippen molar-refractivity contribution in [2.45, 2.75) is 13.8 Å². The van der Waals surface area contributed by atoms with Crippen LogP contribution in [0.1, 0.15) is 13.8 Å². The molecule has 0 spiro atoms. The van der Waals surface area contributed by atoms with Gasteiger partial charge in [0.05, 0.1) is 26.5 Å². The average Bonchev–Trinajstić information content (AvgIpc) is 2.25. The van der Waals surface area contributed by atoms with Crippen molar-refractivity contribution in [3.8, 4) is 0 Å². The molecular weight excluding hydrogens is 194 g/mol. The van der Waals surface area contributed by atoms with Gasteiger partial charge in [0, 0.05) is 6.54 Å². The van der Waals surface area contributed by atoms with Gasteiger partial charge in [0.25, 0.3) is 0 Å². The third kappa shape index (κ3) is 7.76. The highest BCUT2D eigenvalue weighted by Crippen LogP contribution is 1.96. The molecular formula is C11H19NO3. The van der Waals surface area contributed by atoms with E-state index in [4.69, 9.17) is 4.74 Å². The van der Waals surface area contributed by atoms with Gasteiger partial charge in [-0.15, -0.1) is 0 Å². The molecule has 0 saturated carbocycles. The van der Waals surface area contributed by atoms with Gasteiger partial charge in [0.15, 0.2) is 0 Å². The molecule has 0 heterocycles. The van der Waals surface area contributed by atoms with Crippen molar-refractivity contribution in [2.24, 2.45) is 0 Å². The number of carbonyl (C=O) groups is 1. The quantitative estimate of drug-likeness (QED) is 0.410. The maximum absolute atomic E-state index is 10.8. The third-order valence-corrected chi connectivity index (χ3v) is 1.83. The number of methoxy groups -OCH3 is 2. The lowest BCUT2D eigenvalue weighted by molar-refractivity contribution is -0.139. The number of ether oxygens (including phenoxy) is 2. The van der Waals surface area contributed by atoms with Crippen LogP contribution in [0.5, 0.6) is 0 Å². The number of hydrogen-bond donors (Lipinski definition) is 1. The first-order valence-corrected chi connectivity index (χ1v) is 4.75. The second-order valence-corrected chi connectivity index (χ2v) is 3.17. The molecule has 4 heteroatoms. The summed E-state index contributed by atoms with van der Waals surface area (Å²) in [7, 11) is 3.00. The highest BCUT2D eigenvalue weighted by molar-refractivity contribution is 5.71. The Morgan fingerprint density at radius 3 is 2.33 bits per heavy atom. The standard InChI is InChI=1S/C11H19NO3/c1-9(5-6-10(2)14-3)7-12-8-11(13)15-4/h5-6,12H,7-8H2,1-4H3/b9-5+,10-6+. The van der Waals surface area contributed by atoms with Crippen LogP contribution >= 0.6 is 0 Å². The zero-order valence-corrected chi connectivity index (χ0v) is 9.79. The molecule has 0 rings (SSSR count). The fourth-order valence-electron chi connectivity index (χ4n) is 0.820. The van der Waals surface area contributed by atoms with Crippen LogP contribution in [0.15, 0.2) is 23.5 Å². The molecule has 86 valence electrons. The Balaban J connectivity index is 3.83. The Morgan fingerprint density at radius 1 is 1.13 bits per heavy atom. The van der Waals surface area contributed by atoms with Crippen molar-refractivity contribution in [3.05, 3.63) is 23.5 Å². The molecule has 0 aromatic rings. The molecule has 0 amide bonds. The summed E-state index contributed by atoms with van der Waals surface area (Å²) in [5, 5.41) is 2.96. The molecule has 0 aliphatic heterocycles. The van der Waals surface area contributed by atoms with E-state index in [0.717, 1.165) is 11.3 Å². The van der Waals surface area contributed by atoms with Crippen LogP contribution in [0.25, 0.3) is 0 Å². The highest BCUT2D eigenvalue weighted by atomic mass is 16.5. The van der Waals surface area contributed by atoms with Gasteiger partial charge >= 0.3 is 5.97 Å². The molecule has 0 fully saturated rings. The average molecular weight is 213 g/mol. The SMILES string of the molecule is COC(=O)CNC/C(C)=C/C=C(\C)OC. The normalized spacial score (nSPS) is 12.5. The van der Waals surface area contributed by atoms with Crippen LogP contribution < -0.4 is 5.32 Å². The van der Waals surface area contributed by atoms with Crippen LogP contribution in [0.3, 0.4) is 0 Å². The van der Waals surface area contributed by atoms with E-state index in [1.54, 1.807) is 7.11 Å². The smallest absolute Gasteiger partial charge is 0.319 e. The Morgan fingerprint density at radius 2 is 1.80 bits per heavy atom. The van der Waals surface area contributed by atoms with Crippen molar-refractivity contribution >= 4 is 5.97 Å². The summed E-state index contributed by atoms with van der Waals surface area (Å²) in [5.74, 6) is 0.591. The summed E-state index contributed by atoms with van der Waals surface area (Å²) in [6.07, 6.45) is 3.83. The van der Waals surface area contributed by atoms with Crippen molar-refractivity contribution < 1.29 is 14.3 Å². The highest BCUT2D eigenvalue weighted by Gasteiger charge is 1.97. The van der Waals surface area contributed by atoms with Gasteiger partial charge in [-0.3, -0.25) is 4.79 Å². The second kappa shape index (κ2) is 8.05. The van der Waals surface area contributed by atoms with E-state index in [-0.39, 0.29) is 12.5 Å². The lowest BCUT2D eigenvalue weighted by Gasteiger charge is -2.03. The molecule has 1 N–H and O–H groups in total. The lowest BCUT2D eigenvalue weighted by Crippen LogP contribution is -2.25. The van der Waals surface area contributed by atoms with Crippen molar-refractivity contribution in [3.63, 3.8) is 0 Å². The fourth-order valence-corrected chi connectivity index (χ4v) is 0.820. The maximum atomic E-state index is 10.8. The monoisotopic (exact) mass is 213 g/mol. The van der Waals surface area contributed by atoms with Gasteiger partial charge in [-0.2, -0.15) is 0 Å². The van der Waals surface area contributed by atoms with E-state index in [1.807, 2.05) is 26.0 Å². The molecule has 0 saturated heterocycles. The molecule has 0 atom stereocenters. The first-order chi connectivity index (χ1) is 7.10. The van der Waals surface area contributed by atoms with Crippen molar-refractivity contribution in [1.82, 2.24) is 5.32 Å². The zero-order valence-electron chi connectivity index (χ0n) is 9.79. The van der Waals surface area contributed by atoms with Gasteiger partial charge in [-0.05, 0) is 19.9 Å². The van der Waals surface area contributed by atoms with Crippen molar-refractivity contribution in [1.29, 1.82) is 0 Å². The molecule has 0 unspecified atom stereocenters. The van der Waals surface area contributed by atoms with Gasteiger partial charge in [-0.1, -0.05) is 11.6 Å². The fraction of sp³-hybridized carbons (Fsp3) is 0.545. The zero-order chi connectivity index (χ0) is 11.7. The topological polar surface area (TPSA) is 47.6 Å². The first kappa shape index (κ1) is 13.7. The number of hydrogen-bond acceptors (Lipinski definition) is 4. The molecule has 0 aliphatic rings. The van der Waals surface area contributed by atoms with E-state index in [0.29, 0.717) is 6.54 Å². The largest absolute Gasteiger partial charge is 0.501 e.